The fourth-order valence-corrected chi connectivity index (χ4v) is 3.40. The highest BCUT2D eigenvalue weighted by Crippen LogP contribution is 2.37. The number of rotatable bonds is 2. The topological polar surface area (TPSA) is 54.7 Å². The van der Waals surface area contributed by atoms with Crippen molar-refractivity contribution < 1.29 is 0 Å². The van der Waals surface area contributed by atoms with E-state index in [1.165, 1.54) is 25.7 Å². The predicted octanol–water partition coefficient (Wildman–Crippen LogP) is 2.66. The summed E-state index contributed by atoms with van der Waals surface area (Å²) >= 11 is 1.88. The molecular formula is C10H17N3S. The minimum Gasteiger partial charge on any atom is -0.383 e. The minimum atomic E-state index is 0.716. The third-order valence-electron chi connectivity index (χ3n) is 2.81. The van der Waals surface area contributed by atoms with Gasteiger partial charge in [0.05, 0.1) is 11.1 Å². The molecule has 0 aliphatic heterocycles. The Morgan fingerprint density at radius 1 is 1.57 bits per heavy atom. The second-order valence-corrected chi connectivity index (χ2v) is 5.50. The molecule has 2 unspecified atom stereocenters. The molecule has 1 fully saturated rings. The molecule has 1 aromatic rings. The monoisotopic (exact) mass is 211 g/mol. The second kappa shape index (κ2) is 4.26. The molecule has 14 heavy (non-hydrogen) atoms. The number of aromatic nitrogens is 2. The molecule has 0 saturated heterocycles. The third kappa shape index (κ3) is 2.23. The van der Waals surface area contributed by atoms with Crippen LogP contribution in [0.15, 0.2) is 11.1 Å². The van der Waals surface area contributed by atoms with Gasteiger partial charge in [0, 0.05) is 5.25 Å². The molecule has 2 atom stereocenters. The zero-order valence-electron chi connectivity index (χ0n) is 8.49. The Morgan fingerprint density at radius 3 is 3.07 bits per heavy atom. The van der Waals surface area contributed by atoms with Crippen LogP contribution in [0.2, 0.25) is 0 Å². The Bertz CT molecular complexity index is 297. The van der Waals surface area contributed by atoms with Gasteiger partial charge >= 0.3 is 0 Å². The van der Waals surface area contributed by atoms with Crippen LogP contribution in [-0.2, 0) is 0 Å². The molecule has 1 aromatic heterocycles. The van der Waals surface area contributed by atoms with Gasteiger partial charge in [0.1, 0.15) is 5.82 Å². The molecule has 1 heterocycles. The van der Waals surface area contributed by atoms with Crippen molar-refractivity contribution in [2.24, 2.45) is 5.92 Å². The lowest BCUT2D eigenvalue weighted by atomic mass is 9.91. The number of nitrogens with one attached hydrogen (secondary N) is 1. The summed E-state index contributed by atoms with van der Waals surface area (Å²) < 4.78 is 0. The molecule has 0 amide bonds. The van der Waals surface area contributed by atoms with E-state index in [2.05, 4.69) is 17.1 Å². The van der Waals surface area contributed by atoms with Crippen LogP contribution >= 0.6 is 11.8 Å². The maximum Gasteiger partial charge on any atom is 0.132 e. The van der Waals surface area contributed by atoms with E-state index in [1.807, 2.05) is 18.0 Å². The summed E-state index contributed by atoms with van der Waals surface area (Å²) in [5.74, 6) is 1.59. The molecule has 1 saturated carbocycles. The summed E-state index contributed by atoms with van der Waals surface area (Å²) in [5, 5.41) is 7.45. The van der Waals surface area contributed by atoms with Crippen molar-refractivity contribution in [3.8, 4) is 0 Å². The van der Waals surface area contributed by atoms with Gasteiger partial charge in [-0.3, -0.25) is 5.10 Å². The highest BCUT2D eigenvalue weighted by molar-refractivity contribution is 8.00. The van der Waals surface area contributed by atoms with Crippen LogP contribution in [0.4, 0.5) is 5.82 Å². The van der Waals surface area contributed by atoms with Crippen LogP contribution in [0.25, 0.3) is 0 Å². The molecule has 4 heteroatoms. The first-order valence-electron chi connectivity index (χ1n) is 5.21. The molecule has 3 nitrogen and oxygen atoms in total. The van der Waals surface area contributed by atoms with Gasteiger partial charge in [-0.25, -0.2) is 0 Å². The molecule has 1 aliphatic rings. The van der Waals surface area contributed by atoms with Crippen molar-refractivity contribution in [2.45, 2.75) is 42.8 Å². The predicted molar refractivity (Wildman–Crippen MR) is 60.3 cm³/mol. The van der Waals surface area contributed by atoms with E-state index in [0.29, 0.717) is 5.82 Å². The Balaban J connectivity index is 1.94. The SMILES string of the molecule is CC1CCCC(Sc2cn[nH]c2N)C1. The van der Waals surface area contributed by atoms with E-state index in [0.717, 1.165) is 16.1 Å². The average Bonchev–Trinajstić information content (AvgIpc) is 2.52. The largest absolute Gasteiger partial charge is 0.383 e. The zero-order chi connectivity index (χ0) is 9.97. The first kappa shape index (κ1) is 9.90. The smallest absolute Gasteiger partial charge is 0.132 e. The van der Waals surface area contributed by atoms with Gasteiger partial charge < -0.3 is 5.73 Å². The number of nitrogens with zero attached hydrogens (tertiary/aromatic N) is 1. The van der Waals surface area contributed by atoms with Crippen LogP contribution < -0.4 is 5.73 Å². The van der Waals surface area contributed by atoms with Gasteiger partial charge in [-0.2, -0.15) is 5.10 Å². The molecule has 0 bridgehead atoms. The fraction of sp³-hybridized carbons (Fsp3) is 0.700. The number of anilines is 1. The zero-order valence-corrected chi connectivity index (χ0v) is 9.31. The van der Waals surface area contributed by atoms with Gasteiger partial charge in [-0.15, -0.1) is 11.8 Å². The number of hydrogen-bond donors (Lipinski definition) is 2. The van der Waals surface area contributed by atoms with E-state index in [4.69, 9.17) is 5.73 Å². The quantitative estimate of drug-likeness (QED) is 0.790. The summed E-state index contributed by atoms with van der Waals surface area (Å²) in [4.78, 5) is 1.11. The van der Waals surface area contributed by atoms with E-state index in [9.17, 15) is 0 Å². The maximum absolute atomic E-state index is 5.75. The Kier molecular flexibility index (Phi) is 3.01. The standard InChI is InChI=1S/C10H17N3S/c1-7-3-2-4-8(5-7)14-9-6-12-13-10(9)11/h6-8H,2-5H2,1H3,(H3,11,12,13). The normalized spacial score (nSPS) is 27.8. The fourth-order valence-electron chi connectivity index (χ4n) is 2.04. The van der Waals surface area contributed by atoms with Crippen molar-refractivity contribution >= 4 is 17.6 Å². The summed E-state index contributed by atoms with van der Waals surface area (Å²) in [7, 11) is 0. The maximum atomic E-state index is 5.75. The Morgan fingerprint density at radius 2 is 2.43 bits per heavy atom. The van der Waals surface area contributed by atoms with Crippen LogP contribution in [0.5, 0.6) is 0 Å². The molecule has 78 valence electrons. The van der Waals surface area contributed by atoms with Crippen LogP contribution in [0.3, 0.4) is 0 Å². The van der Waals surface area contributed by atoms with E-state index in [1.54, 1.807) is 0 Å². The molecule has 0 aromatic carbocycles. The van der Waals surface area contributed by atoms with Crippen molar-refractivity contribution in [3.63, 3.8) is 0 Å². The number of aromatic amines is 1. The average molecular weight is 211 g/mol. The first-order valence-corrected chi connectivity index (χ1v) is 6.09. The van der Waals surface area contributed by atoms with Gasteiger partial charge in [-0.05, 0) is 18.8 Å². The molecule has 2 rings (SSSR count). The Labute approximate surface area is 88.8 Å². The summed E-state index contributed by atoms with van der Waals surface area (Å²) in [5.41, 5.74) is 5.75. The number of H-pyrrole nitrogens is 1. The lowest BCUT2D eigenvalue weighted by Crippen LogP contribution is -2.14. The lowest BCUT2D eigenvalue weighted by Gasteiger charge is -2.25. The van der Waals surface area contributed by atoms with Crippen molar-refractivity contribution in [1.82, 2.24) is 10.2 Å². The highest BCUT2D eigenvalue weighted by atomic mass is 32.2. The van der Waals surface area contributed by atoms with Crippen molar-refractivity contribution in [3.05, 3.63) is 6.20 Å². The van der Waals surface area contributed by atoms with Crippen LogP contribution in [0, 0.1) is 5.92 Å². The van der Waals surface area contributed by atoms with Crippen molar-refractivity contribution in [2.75, 3.05) is 5.73 Å². The van der Waals surface area contributed by atoms with Gasteiger partial charge in [0.15, 0.2) is 0 Å². The summed E-state index contributed by atoms with van der Waals surface area (Å²) in [6.07, 6.45) is 7.21. The number of nitrogen functional groups attached to an aromatic ring is 1. The third-order valence-corrected chi connectivity index (χ3v) is 4.15. The lowest BCUT2D eigenvalue weighted by molar-refractivity contribution is 0.394. The van der Waals surface area contributed by atoms with Gasteiger partial charge in [0.25, 0.3) is 0 Å². The van der Waals surface area contributed by atoms with Crippen LogP contribution in [0.1, 0.15) is 32.6 Å². The van der Waals surface area contributed by atoms with Crippen molar-refractivity contribution in [1.29, 1.82) is 0 Å². The number of nitrogens with two attached hydrogens (primary N) is 1. The summed E-state index contributed by atoms with van der Waals surface area (Å²) in [6, 6.07) is 0. The van der Waals surface area contributed by atoms with Crippen LogP contribution in [-0.4, -0.2) is 15.4 Å². The summed E-state index contributed by atoms with van der Waals surface area (Å²) in [6.45, 7) is 2.34. The second-order valence-electron chi connectivity index (χ2n) is 4.16. The number of thioether (sulfide) groups is 1. The highest BCUT2D eigenvalue weighted by Gasteiger charge is 2.20. The molecule has 3 N–H and O–H groups in total. The van der Waals surface area contributed by atoms with E-state index in [-0.39, 0.29) is 0 Å². The van der Waals surface area contributed by atoms with Gasteiger partial charge in [-0.1, -0.05) is 19.8 Å². The molecule has 1 aliphatic carbocycles. The first-order chi connectivity index (χ1) is 6.75. The van der Waals surface area contributed by atoms with E-state index >= 15 is 0 Å². The van der Waals surface area contributed by atoms with E-state index < -0.39 is 0 Å². The number of hydrogen-bond acceptors (Lipinski definition) is 3. The molecular weight excluding hydrogens is 194 g/mol. The molecule has 0 radical (unpaired) electrons. The Hall–Kier alpha value is -0.640. The van der Waals surface area contributed by atoms with Gasteiger partial charge in [0.2, 0.25) is 0 Å². The minimum absolute atomic E-state index is 0.716. The molecule has 0 spiro atoms.